The van der Waals surface area contributed by atoms with Crippen LogP contribution >= 0.6 is 0 Å². The van der Waals surface area contributed by atoms with Gasteiger partial charge in [-0.15, -0.1) is 0 Å². The van der Waals surface area contributed by atoms with Gasteiger partial charge in [0.2, 0.25) is 5.91 Å². The van der Waals surface area contributed by atoms with Gasteiger partial charge >= 0.3 is 6.03 Å². The summed E-state index contributed by atoms with van der Waals surface area (Å²) in [5, 5.41) is 5.61. The number of hydrogen-bond donors (Lipinski definition) is 2. The maximum absolute atomic E-state index is 13.3. The third-order valence-electron chi connectivity index (χ3n) is 4.51. The van der Waals surface area contributed by atoms with Crippen LogP contribution in [0.1, 0.15) is 25.0 Å². The van der Waals surface area contributed by atoms with Gasteiger partial charge in [-0.25, -0.2) is 9.18 Å². The molecule has 0 saturated heterocycles. The van der Waals surface area contributed by atoms with Gasteiger partial charge in [0.1, 0.15) is 12.4 Å². The quantitative estimate of drug-likeness (QED) is 0.638. The second-order valence-electron chi connectivity index (χ2n) is 7.80. The van der Waals surface area contributed by atoms with Crippen LogP contribution in [0, 0.1) is 5.82 Å². The number of amides is 3. The topological polar surface area (TPSA) is 73.9 Å². The summed E-state index contributed by atoms with van der Waals surface area (Å²) in [6.07, 6.45) is 0. The molecule has 0 aliphatic rings. The Kier molecular flexibility index (Phi) is 8.81. The monoisotopic (exact) mass is 430 g/mol. The van der Waals surface area contributed by atoms with Crippen molar-refractivity contribution in [3.05, 3.63) is 59.4 Å². The molecular weight excluding hydrogens is 399 g/mol. The molecule has 0 spiro atoms. The van der Waals surface area contributed by atoms with E-state index in [2.05, 4.69) is 10.6 Å². The fourth-order valence-electron chi connectivity index (χ4n) is 3.12. The van der Waals surface area contributed by atoms with E-state index in [1.165, 1.54) is 19.2 Å². The zero-order valence-electron chi connectivity index (χ0n) is 18.7. The van der Waals surface area contributed by atoms with E-state index in [9.17, 15) is 14.0 Å². The van der Waals surface area contributed by atoms with Gasteiger partial charge in [-0.3, -0.25) is 4.79 Å². The van der Waals surface area contributed by atoms with Crippen LogP contribution in [-0.2, 0) is 22.6 Å². The van der Waals surface area contributed by atoms with Crippen LogP contribution in [0.5, 0.6) is 0 Å². The van der Waals surface area contributed by atoms with Gasteiger partial charge in [0, 0.05) is 51.7 Å². The Morgan fingerprint density at radius 1 is 1.06 bits per heavy atom. The van der Waals surface area contributed by atoms with Crippen molar-refractivity contribution in [3.8, 4) is 0 Å². The number of carbonyl (C=O) groups excluding carboxylic acids is 2. The van der Waals surface area contributed by atoms with Gasteiger partial charge in [0.25, 0.3) is 0 Å². The molecule has 2 aromatic rings. The molecule has 7 nitrogen and oxygen atoms in total. The Bertz CT molecular complexity index is 885. The van der Waals surface area contributed by atoms with E-state index in [4.69, 9.17) is 4.74 Å². The number of nitrogens with one attached hydrogen (secondary N) is 2. The van der Waals surface area contributed by atoms with Crippen molar-refractivity contribution in [2.75, 3.05) is 38.0 Å². The molecular formula is C23H31FN4O3. The first-order valence-electron chi connectivity index (χ1n) is 10.1. The van der Waals surface area contributed by atoms with Crippen LogP contribution in [0.3, 0.4) is 0 Å². The lowest BCUT2D eigenvalue weighted by Gasteiger charge is -2.26. The summed E-state index contributed by atoms with van der Waals surface area (Å²) in [6.45, 7) is 4.31. The second kappa shape index (κ2) is 11.3. The first-order valence-corrected chi connectivity index (χ1v) is 10.1. The van der Waals surface area contributed by atoms with Gasteiger partial charge < -0.3 is 25.2 Å². The first-order chi connectivity index (χ1) is 14.7. The van der Waals surface area contributed by atoms with Crippen LogP contribution in [0.4, 0.5) is 20.6 Å². The summed E-state index contributed by atoms with van der Waals surface area (Å²) in [5.41, 5.74) is 3.21. The molecule has 0 aliphatic heterocycles. The molecule has 8 heteroatoms. The standard InChI is InChI=1S/C23H31FN4O3/c1-16(2)25-23(30)26-20-10-11-21(27(3)4)18(12-20)14-28(22(29)15-31-5)13-17-6-8-19(24)9-7-17/h6-12,16H,13-15H2,1-5H3,(H2,25,26,30). The second-order valence-corrected chi connectivity index (χ2v) is 7.80. The largest absolute Gasteiger partial charge is 0.377 e. The average Bonchev–Trinajstić information content (AvgIpc) is 2.68. The van der Waals surface area contributed by atoms with Crippen LogP contribution < -0.4 is 15.5 Å². The van der Waals surface area contributed by atoms with Crippen molar-refractivity contribution in [2.24, 2.45) is 0 Å². The molecule has 0 atom stereocenters. The fourth-order valence-corrected chi connectivity index (χ4v) is 3.12. The van der Waals surface area contributed by atoms with Gasteiger partial charge in [-0.2, -0.15) is 0 Å². The summed E-state index contributed by atoms with van der Waals surface area (Å²) in [6, 6.07) is 11.3. The number of benzene rings is 2. The van der Waals surface area contributed by atoms with Crippen LogP contribution in [0.2, 0.25) is 0 Å². The van der Waals surface area contributed by atoms with Crippen LogP contribution in [0.15, 0.2) is 42.5 Å². The molecule has 0 heterocycles. The van der Waals surface area contributed by atoms with E-state index < -0.39 is 0 Å². The minimum absolute atomic E-state index is 0.0124. The molecule has 168 valence electrons. The lowest BCUT2D eigenvalue weighted by atomic mass is 10.1. The Balaban J connectivity index is 2.31. The molecule has 2 N–H and O–H groups in total. The van der Waals surface area contributed by atoms with Crippen LogP contribution in [0.25, 0.3) is 0 Å². The number of carbonyl (C=O) groups is 2. The molecule has 0 aromatic heterocycles. The van der Waals surface area contributed by atoms with E-state index >= 15 is 0 Å². The third kappa shape index (κ3) is 7.57. The Morgan fingerprint density at radius 2 is 1.74 bits per heavy atom. The lowest BCUT2D eigenvalue weighted by Crippen LogP contribution is -2.34. The molecule has 0 aliphatic carbocycles. The van der Waals surface area contributed by atoms with E-state index in [-0.39, 0.29) is 30.4 Å². The highest BCUT2D eigenvalue weighted by Gasteiger charge is 2.18. The summed E-state index contributed by atoms with van der Waals surface area (Å²) < 4.78 is 18.3. The Morgan fingerprint density at radius 3 is 2.32 bits per heavy atom. The first kappa shape index (κ1) is 24.1. The number of ether oxygens (including phenoxy) is 1. The average molecular weight is 431 g/mol. The molecule has 3 amide bonds. The third-order valence-corrected chi connectivity index (χ3v) is 4.51. The normalized spacial score (nSPS) is 10.7. The molecule has 0 saturated carbocycles. The molecule has 0 fully saturated rings. The number of anilines is 2. The number of rotatable bonds is 9. The minimum atomic E-state index is -0.327. The Labute approximate surface area is 183 Å². The smallest absolute Gasteiger partial charge is 0.319 e. The highest BCUT2D eigenvalue weighted by molar-refractivity contribution is 5.90. The highest BCUT2D eigenvalue weighted by atomic mass is 19.1. The maximum Gasteiger partial charge on any atom is 0.319 e. The number of nitrogens with zero attached hydrogens (tertiary/aromatic N) is 2. The fraction of sp³-hybridized carbons (Fsp3) is 0.391. The SMILES string of the molecule is COCC(=O)N(Cc1ccc(F)cc1)Cc1cc(NC(=O)NC(C)C)ccc1N(C)C. The molecule has 0 bridgehead atoms. The molecule has 0 unspecified atom stereocenters. The predicted molar refractivity (Wildman–Crippen MR) is 121 cm³/mol. The van der Waals surface area contributed by atoms with E-state index in [0.717, 1.165) is 16.8 Å². The predicted octanol–water partition coefficient (Wildman–Crippen LogP) is 3.60. The number of urea groups is 1. The zero-order valence-corrected chi connectivity index (χ0v) is 18.7. The number of halogens is 1. The highest BCUT2D eigenvalue weighted by Crippen LogP contribution is 2.25. The van der Waals surface area contributed by atoms with Gasteiger partial charge in [-0.1, -0.05) is 12.1 Å². The minimum Gasteiger partial charge on any atom is -0.377 e. The van der Waals surface area contributed by atoms with E-state index in [1.807, 2.05) is 51.0 Å². The molecule has 31 heavy (non-hydrogen) atoms. The van der Waals surface area contributed by atoms with Crippen molar-refractivity contribution in [1.82, 2.24) is 10.2 Å². The summed E-state index contributed by atoms with van der Waals surface area (Å²) in [4.78, 5) is 28.4. The summed E-state index contributed by atoms with van der Waals surface area (Å²) >= 11 is 0. The summed E-state index contributed by atoms with van der Waals surface area (Å²) in [7, 11) is 5.30. The molecule has 2 aromatic carbocycles. The summed E-state index contributed by atoms with van der Waals surface area (Å²) in [5.74, 6) is -0.515. The molecule has 0 radical (unpaired) electrons. The van der Waals surface area contributed by atoms with E-state index in [0.29, 0.717) is 18.8 Å². The van der Waals surface area contributed by atoms with Gasteiger partial charge in [0.15, 0.2) is 0 Å². The molecule has 2 rings (SSSR count). The van der Waals surface area contributed by atoms with Crippen LogP contribution in [-0.4, -0.2) is 50.7 Å². The van der Waals surface area contributed by atoms with Crippen molar-refractivity contribution >= 4 is 23.3 Å². The number of hydrogen-bond acceptors (Lipinski definition) is 4. The van der Waals surface area contributed by atoms with E-state index in [1.54, 1.807) is 17.0 Å². The Hall–Kier alpha value is -3.13. The van der Waals surface area contributed by atoms with Crippen molar-refractivity contribution in [2.45, 2.75) is 33.0 Å². The van der Waals surface area contributed by atoms with Crippen molar-refractivity contribution in [3.63, 3.8) is 0 Å². The van der Waals surface area contributed by atoms with Crippen molar-refractivity contribution < 1.29 is 18.7 Å². The van der Waals surface area contributed by atoms with Crippen molar-refractivity contribution in [1.29, 1.82) is 0 Å². The number of methoxy groups -OCH3 is 1. The van der Waals surface area contributed by atoms with Gasteiger partial charge in [-0.05, 0) is 55.3 Å². The van der Waals surface area contributed by atoms with Gasteiger partial charge in [0.05, 0.1) is 0 Å². The lowest BCUT2D eigenvalue weighted by molar-refractivity contribution is -0.136. The zero-order chi connectivity index (χ0) is 23.0. The maximum atomic E-state index is 13.3.